The molecule has 0 spiro atoms. The molecule has 0 radical (unpaired) electrons. The summed E-state index contributed by atoms with van der Waals surface area (Å²) in [5, 5.41) is 26.1. The highest BCUT2D eigenvalue weighted by atomic mass is 35.5. The first-order valence-corrected chi connectivity index (χ1v) is 8.63. The zero-order chi connectivity index (χ0) is 20.4. The number of aromatic nitrogens is 1. The maximum atomic E-state index is 12.3. The maximum absolute atomic E-state index is 12.3. The normalized spacial score (nSPS) is 10.8. The average molecular weight is 403 g/mol. The third-order valence-corrected chi connectivity index (χ3v) is 4.67. The summed E-state index contributed by atoms with van der Waals surface area (Å²) in [6, 6.07) is 8.38. The number of hydrogen-bond donors (Lipinski definition) is 2. The molecule has 0 atom stereocenters. The molecule has 0 fully saturated rings. The largest absolute Gasteiger partial charge is 0.357 e. The van der Waals surface area contributed by atoms with Crippen molar-refractivity contribution in [1.82, 2.24) is 10.3 Å². The van der Waals surface area contributed by atoms with Crippen molar-refractivity contribution in [2.45, 2.75) is 13.3 Å². The molecule has 28 heavy (non-hydrogen) atoms. The summed E-state index contributed by atoms with van der Waals surface area (Å²) in [5.74, 6) is -0.623. The molecule has 0 aliphatic carbocycles. The summed E-state index contributed by atoms with van der Waals surface area (Å²) in [7, 11) is 0. The van der Waals surface area contributed by atoms with Gasteiger partial charge in [-0.05, 0) is 25.0 Å². The number of rotatable bonds is 6. The van der Waals surface area contributed by atoms with Crippen molar-refractivity contribution in [3.05, 3.63) is 78.5 Å². The number of fused-ring (bicyclic) bond motifs is 1. The second-order valence-electron chi connectivity index (χ2n) is 6.15. The quantitative estimate of drug-likeness (QED) is 0.476. The smallest absolute Gasteiger partial charge is 0.277 e. The summed E-state index contributed by atoms with van der Waals surface area (Å²) < 4.78 is 0. The molecule has 1 aromatic heterocycles. The fraction of sp³-hybridized carbons (Fsp3) is 0.167. The number of H-pyrrole nitrogens is 1. The number of non-ortho nitro benzene ring substituents is 2. The summed E-state index contributed by atoms with van der Waals surface area (Å²) in [4.78, 5) is 35.9. The molecule has 0 saturated heterocycles. The molecule has 0 saturated carbocycles. The lowest BCUT2D eigenvalue weighted by atomic mass is 10.1. The number of hydrogen-bond acceptors (Lipinski definition) is 5. The van der Waals surface area contributed by atoms with Crippen molar-refractivity contribution in [2.75, 3.05) is 6.54 Å². The van der Waals surface area contributed by atoms with Gasteiger partial charge in [-0.3, -0.25) is 25.0 Å². The number of nitro groups is 2. The van der Waals surface area contributed by atoms with E-state index in [1.807, 2.05) is 19.1 Å². The van der Waals surface area contributed by atoms with E-state index in [4.69, 9.17) is 11.6 Å². The van der Waals surface area contributed by atoms with E-state index in [2.05, 4.69) is 10.3 Å². The first-order valence-electron chi connectivity index (χ1n) is 8.25. The van der Waals surface area contributed by atoms with Crippen LogP contribution in [0.4, 0.5) is 11.4 Å². The van der Waals surface area contributed by atoms with E-state index < -0.39 is 27.1 Å². The number of para-hydroxylation sites is 1. The van der Waals surface area contributed by atoms with Crippen LogP contribution in [0.5, 0.6) is 0 Å². The van der Waals surface area contributed by atoms with E-state index in [1.54, 1.807) is 6.07 Å². The lowest BCUT2D eigenvalue weighted by molar-refractivity contribution is -0.394. The number of nitrogens with zero attached hydrogens (tertiary/aromatic N) is 2. The Morgan fingerprint density at radius 2 is 1.79 bits per heavy atom. The number of carbonyl (C=O) groups is 1. The lowest BCUT2D eigenvalue weighted by Gasteiger charge is -2.06. The van der Waals surface area contributed by atoms with Crippen LogP contribution >= 0.6 is 11.6 Å². The van der Waals surface area contributed by atoms with Gasteiger partial charge in [0.25, 0.3) is 17.3 Å². The summed E-state index contributed by atoms with van der Waals surface area (Å²) >= 11 is 6.18. The van der Waals surface area contributed by atoms with Gasteiger partial charge in [0, 0.05) is 29.8 Å². The van der Waals surface area contributed by atoms with Crippen molar-refractivity contribution in [2.24, 2.45) is 0 Å². The number of aromatic amines is 1. The highest BCUT2D eigenvalue weighted by molar-refractivity contribution is 6.35. The van der Waals surface area contributed by atoms with Crippen molar-refractivity contribution in [3.63, 3.8) is 0 Å². The summed E-state index contributed by atoms with van der Waals surface area (Å²) in [6.45, 7) is 2.15. The predicted molar refractivity (Wildman–Crippen MR) is 104 cm³/mol. The lowest BCUT2D eigenvalue weighted by Crippen LogP contribution is -2.26. The molecule has 144 valence electrons. The molecule has 9 nitrogen and oxygen atoms in total. The van der Waals surface area contributed by atoms with Gasteiger partial charge < -0.3 is 10.3 Å². The Kier molecular flexibility index (Phi) is 5.27. The van der Waals surface area contributed by atoms with Gasteiger partial charge in [0.05, 0.1) is 32.0 Å². The predicted octanol–water partition coefficient (Wildman–Crippen LogP) is 3.92. The van der Waals surface area contributed by atoms with Crippen LogP contribution in [0.25, 0.3) is 10.9 Å². The molecule has 0 aliphatic rings. The van der Waals surface area contributed by atoms with Crippen molar-refractivity contribution >= 4 is 39.8 Å². The van der Waals surface area contributed by atoms with E-state index in [0.717, 1.165) is 40.4 Å². The minimum Gasteiger partial charge on any atom is -0.357 e. The van der Waals surface area contributed by atoms with Crippen LogP contribution in [0.2, 0.25) is 5.02 Å². The Morgan fingerprint density at radius 3 is 2.39 bits per heavy atom. The van der Waals surface area contributed by atoms with Crippen LogP contribution in [0, 0.1) is 27.2 Å². The molecule has 0 unspecified atom stereocenters. The molecule has 1 heterocycles. The number of nitro benzene ring substituents is 2. The summed E-state index contributed by atoms with van der Waals surface area (Å²) in [6.07, 6.45) is 0.495. The van der Waals surface area contributed by atoms with Gasteiger partial charge >= 0.3 is 0 Å². The van der Waals surface area contributed by atoms with Crippen LogP contribution in [-0.2, 0) is 6.42 Å². The Hall–Kier alpha value is -3.46. The molecule has 3 rings (SSSR count). The minimum absolute atomic E-state index is 0.139. The molecule has 10 heteroatoms. The third kappa shape index (κ3) is 3.79. The SMILES string of the molecule is Cc1[nH]c2c(Cl)cccc2c1CCNC(=O)c1cc([N+](=O)[O-])cc([N+](=O)[O-])c1. The van der Waals surface area contributed by atoms with Crippen LogP contribution < -0.4 is 5.32 Å². The number of aryl methyl sites for hydroxylation is 1. The Bertz CT molecular complexity index is 1080. The van der Waals surface area contributed by atoms with Gasteiger partial charge in [-0.1, -0.05) is 23.7 Å². The van der Waals surface area contributed by atoms with E-state index in [-0.39, 0.29) is 12.1 Å². The van der Waals surface area contributed by atoms with Gasteiger partial charge in [-0.2, -0.15) is 0 Å². The van der Waals surface area contributed by atoms with Crippen LogP contribution in [0.3, 0.4) is 0 Å². The van der Waals surface area contributed by atoms with Crippen LogP contribution in [0.1, 0.15) is 21.6 Å². The molecule has 0 aliphatic heterocycles. The van der Waals surface area contributed by atoms with Gasteiger partial charge in [-0.15, -0.1) is 0 Å². The van der Waals surface area contributed by atoms with E-state index >= 15 is 0 Å². The monoisotopic (exact) mass is 402 g/mol. The molecule has 0 bridgehead atoms. The zero-order valence-corrected chi connectivity index (χ0v) is 15.4. The second kappa shape index (κ2) is 7.65. The maximum Gasteiger partial charge on any atom is 0.277 e. The Balaban J connectivity index is 1.77. The number of benzene rings is 2. The van der Waals surface area contributed by atoms with Gasteiger partial charge in [-0.25, -0.2) is 0 Å². The fourth-order valence-corrected chi connectivity index (χ4v) is 3.25. The number of nitrogens with one attached hydrogen (secondary N) is 2. The first-order chi connectivity index (χ1) is 13.3. The number of carbonyl (C=O) groups excluding carboxylic acids is 1. The standard InChI is InChI=1S/C18H15ClN4O5/c1-10-14(15-3-2-4-16(19)17(15)21-10)5-6-20-18(24)11-7-12(22(25)26)9-13(8-11)23(27)28/h2-4,7-9,21H,5-6H2,1H3,(H,20,24). The highest BCUT2D eigenvalue weighted by Gasteiger charge is 2.20. The van der Waals surface area contributed by atoms with Gasteiger partial charge in [0.1, 0.15) is 0 Å². The topological polar surface area (TPSA) is 131 Å². The molecular weight excluding hydrogens is 388 g/mol. The fourth-order valence-electron chi connectivity index (χ4n) is 3.03. The first kappa shape index (κ1) is 19.3. The van der Waals surface area contributed by atoms with E-state index in [9.17, 15) is 25.0 Å². The molecule has 1 amide bonds. The average Bonchev–Trinajstić information content (AvgIpc) is 2.98. The molecule has 2 aromatic carbocycles. The van der Waals surface area contributed by atoms with E-state index in [0.29, 0.717) is 11.4 Å². The highest BCUT2D eigenvalue weighted by Crippen LogP contribution is 2.28. The molecule has 2 N–H and O–H groups in total. The summed E-state index contributed by atoms with van der Waals surface area (Å²) in [5.41, 5.74) is 1.56. The van der Waals surface area contributed by atoms with Gasteiger partial charge in [0.15, 0.2) is 0 Å². The molecule has 3 aromatic rings. The van der Waals surface area contributed by atoms with Gasteiger partial charge in [0.2, 0.25) is 0 Å². The second-order valence-corrected chi connectivity index (χ2v) is 6.56. The minimum atomic E-state index is -0.775. The van der Waals surface area contributed by atoms with Crippen LogP contribution in [0.15, 0.2) is 36.4 Å². The third-order valence-electron chi connectivity index (χ3n) is 4.35. The van der Waals surface area contributed by atoms with E-state index in [1.165, 1.54) is 0 Å². The van der Waals surface area contributed by atoms with Crippen molar-refractivity contribution in [3.8, 4) is 0 Å². The number of halogens is 1. The Labute approximate surface area is 163 Å². The van der Waals surface area contributed by atoms with Crippen molar-refractivity contribution < 1.29 is 14.6 Å². The zero-order valence-electron chi connectivity index (χ0n) is 14.7. The number of amides is 1. The van der Waals surface area contributed by atoms with Crippen LogP contribution in [-0.4, -0.2) is 27.3 Å². The molecular formula is C18H15ClN4O5. The van der Waals surface area contributed by atoms with Crippen molar-refractivity contribution in [1.29, 1.82) is 0 Å². The Morgan fingerprint density at radius 1 is 1.14 bits per heavy atom.